The first-order chi connectivity index (χ1) is 14.0. The molecule has 0 bridgehead atoms. The molecule has 1 atom stereocenters. The number of amides is 3. The molecule has 2 aliphatic heterocycles. The molecule has 2 aromatic rings. The number of benzene rings is 1. The fourth-order valence-corrected chi connectivity index (χ4v) is 4.84. The number of hydrogen-bond acceptors (Lipinski definition) is 4. The number of quaternary nitrogens is 2. The van der Waals surface area contributed by atoms with Crippen molar-refractivity contribution in [2.75, 3.05) is 40.0 Å². The molecule has 1 aromatic heterocycles. The Labute approximate surface area is 174 Å². The molecule has 2 saturated heterocycles. The number of carbonyl (C=O) groups is 2. The summed E-state index contributed by atoms with van der Waals surface area (Å²) in [5.41, 5.74) is 1.06. The molecule has 2 aliphatic rings. The van der Waals surface area contributed by atoms with Gasteiger partial charge in [0.05, 0.1) is 7.11 Å². The van der Waals surface area contributed by atoms with Gasteiger partial charge in [-0.05, 0) is 41.4 Å². The van der Waals surface area contributed by atoms with Crippen LogP contribution in [-0.4, -0.2) is 56.8 Å². The summed E-state index contributed by atoms with van der Waals surface area (Å²) in [4.78, 5) is 30.0. The van der Waals surface area contributed by atoms with Crippen molar-refractivity contribution in [1.29, 1.82) is 0 Å². The zero-order valence-electron chi connectivity index (χ0n) is 16.9. The van der Waals surface area contributed by atoms with Crippen LogP contribution in [0, 0.1) is 0 Å². The molecule has 2 fully saturated rings. The Bertz CT molecular complexity index is 880. The normalized spacial score (nSPS) is 27.2. The third-order valence-corrected chi connectivity index (χ3v) is 6.73. The molecule has 0 unspecified atom stereocenters. The van der Waals surface area contributed by atoms with Crippen molar-refractivity contribution in [3.8, 4) is 5.75 Å². The molecule has 1 aromatic carbocycles. The van der Waals surface area contributed by atoms with Crippen molar-refractivity contribution in [2.24, 2.45) is 0 Å². The molecule has 3 N–H and O–H groups in total. The molecule has 3 amide bonds. The number of methoxy groups -OCH3 is 1. The number of carbonyl (C=O) groups excluding carboxylic acids is 2. The maximum Gasteiger partial charge on any atom is 0.329 e. The van der Waals surface area contributed by atoms with Crippen LogP contribution in [0.3, 0.4) is 0 Å². The number of ether oxygens (including phenoxy) is 1. The van der Waals surface area contributed by atoms with Gasteiger partial charge in [-0.2, -0.15) is 11.3 Å². The van der Waals surface area contributed by atoms with Crippen LogP contribution in [0.15, 0.2) is 41.1 Å². The molecular formula is C21H28N4O3S+2. The van der Waals surface area contributed by atoms with Crippen molar-refractivity contribution in [3.05, 3.63) is 52.2 Å². The van der Waals surface area contributed by atoms with Gasteiger partial charge in [-0.1, -0.05) is 12.1 Å². The number of imide groups is 1. The fourth-order valence-electron chi connectivity index (χ4n) is 4.17. The second kappa shape index (κ2) is 8.14. The molecule has 0 radical (unpaired) electrons. The highest BCUT2D eigenvalue weighted by molar-refractivity contribution is 7.07. The first kappa shape index (κ1) is 19.9. The summed E-state index contributed by atoms with van der Waals surface area (Å²) < 4.78 is 5.27. The zero-order valence-corrected chi connectivity index (χ0v) is 17.7. The van der Waals surface area contributed by atoms with Crippen molar-refractivity contribution in [2.45, 2.75) is 19.0 Å². The van der Waals surface area contributed by atoms with Crippen LogP contribution < -0.4 is 19.9 Å². The van der Waals surface area contributed by atoms with Gasteiger partial charge in [-0.15, -0.1) is 0 Å². The molecule has 7 nitrogen and oxygen atoms in total. The summed E-state index contributed by atoms with van der Waals surface area (Å²) in [5.74, 6) is 0.468. The molecule has 3 heterocycles. The maximum absolute atomic E-state index is 13.2. The number of rotatable bonds is 6. The van der Waals surface area contributed by atoms with Crippen molar-refractivity contribution in [3.63, 3.8) is 0 Å². The molecule has 0 spiro atoms. The smallest absolute Gasteiger partial charge is 0.329 e. The summed E-state index contributed by atoms with van der Waals surface area (Å²) >= 11 is 1.74. The number of urea groups is 1. The summed E-state index contributed by atoms with van der Waals surface area (Å²) in [6.07, 6.45) is 0. The van der Waals surface area contributed by atoms with Gasteiger partial charge < -0.3 is 19.9 Å². The number of piperazine rings is 1. The Balaban J connectivity index is 1.38. The second-order valence-electron chi connectivity index (χ2n) is 7.99. The van der Waals surface area contributed by atoms with Crippen molar-refractivity contribution >= 4 is 23.3 Å². The van der Waals surface area contributed by atoms with Gasteiger partial charge in [0.2, 0.25) is 0 Å². The van der Waals surface area contributed by atoms with Gasteiger partial charge >= 0.3 is 6.03 Å². The van der Waals surface area contributed by atoms with E-state index >= 15 is 0 Å². The van der Waals surface area contributed by atoms with E-state index in [0.717, 1.165) is 38.3 Å². The van der Waals surface area contributed by atoms with E-state index in [1.807, 2.05) is 18.2 Å². The van der Waals surface area contributed by atoms with Gasteiger partial charge in [0.25, 0.3) is 5.91 Å². The molecule has 0 aliphatic carbocycles. The fraction of sp³-hybridized carbons (Fsp3) is 0.429. The summed E-state index contributed by atoms with van der Waals surface area (Å²) in [7, 11) is 1.59. The van der Waals surface area contributed by atoms with Gasteiger partial charge in [0.1, 0.15) is 44.0 Å². The summed E-state index contributed by atoms with van der Waals surface area (Å²) in [6, 6.07) is 9.19. The predicted molar refractivity (Wildman–Crippen MR) is 110 cm³/mol. The van der Waals surface area contributed by atoms with Gasteiger partial charge in [-0.3, -0.25) is 4.79 Å². The van der Waals surface area contributed by atoms with Crippen LogP contribution in [-0.2, 0) is 16.9 Å². The zero-order chi connectivity index (χ0) is 20.4. The molecule has 4 rings (SSSR count). The van der Waals surface area contributed by atoms with E-state index in [-0.39, 0.29) is 11.9 Å². The lowest BCUT2D eigenvalue weighted by atomic mass is 9.92. The van der Waals surface area contributed by atoms with Gasteiger partial charge in [0.15, 0.2) is 6.67 Å². The summed E-state index contributed by atoms with van der Waals surface area (Å²) in [5, 5.41) is 7.22. The van der Waals surface area contributed by atoms with Gasteiger partial charge in [0, 0.05) is 5.56 Å². The number of nitrogens with zero attached hydrogens (tertiary/aromatic N) is 1. The quantitative estimate of drug-likeness (QED) is 0.555. The first-order valence-corrected chi connectivity index (χ1v) is 10.9. The van der Waals surface area contributed by atoms with Crippen LogP contribution in [0.2, 0.25) is 0 Å². The first-order valence-electron chi connectivity index (χ1n) is 9.96. The SMILES string of the molecule is COc1cccc([C@@]2(C)NC(=O)N(C[NH+]3CC[NH+](Cc4ccsc4)CC3)C2=O)c1. The maximum atomic E-state index is 13.2. The van der Waals surface area contributed by atoms with E-state index in [1.54, 1.807) is 36.3 Å². The Morgan fingerprint density at radius 2 is 1.93 bits per heavy atom. The Hall–Kier alpha value is -2.42. The minimum atomic E-state index is -1.06. The Morgan fingerprint density at radius 1 is 1.17 bits per heavy atom. The highest BCUT2D eigenvalue weighted by atomic mass is 32.1. The number of hydrogen-bond donors (Lipinski definition) is 3. The van der Waals surface area contributed by atoms with Crippen molar-refractivity contribution < 1.29 is 24.1 Å². The standard InChI is InChI=1S/C21H26N4O3S/c1-21(17-4-3-5-18(12-17)28-2)19(26)25(20(27)22-21)15-24-9-7-23(8-10-24)13-16-6-11-29-14-16/h3-6,11-12,14H,7-10,13,15H2,1-2H3,(H,22,27)/p+2/t21-/m1/s1. The molecule has 154 valence electrons. The average molecular weight is 417 g/mol. The van der Waals surface area contributed by atoms with Crippen LogP contribution in [0.5, 0.6) is 5.75 Å². The Morgan fingerprint density at radius 3 is 2.62 bits per heavy atom. The van der Waals surface area contributed by atoms with Crippen LogP contribution in [0.25, 0.3) is 0 Å². The lowest BCUT2D eigenvalue weighted by Gasteiger charge is -2.31. The lowest BCUT2D eigenvalue weighted by Crippen LogP contribution is -3.28. The minimum Gasteiger partial charge on any atom is -0.497 e. The minimum absolute atomic E-state index is 0.198. The van der Waals surface area contributed by atoms with E-state index in [2.05, 4.69) is 22.1 Å². The Kier molecular flexibility index (Phi) is 5.58. The van der Waals surface area contributed by atoms with Gasteiger partial charge in [-0.25, -0.2) is 9.69 Å². The van der Waals surface area contributed by atoms with E-state index < -0.39 is 5.54 Å². The number of thiophene rings is 1. The second-order valence-corrected chi connectivity index (χ2v) is 8.77. The van der Waals surface area contributed by atoms with E-state index in [1.165, 1.54) is 15.4 Å². The van der Waals surface area contributed by atoms with Crippen LogP contribution in [0.4, 0.5) is 4.79 Å². The topological polar surface area (TPSA) is 67.5 Å². The molecule has 0 saturated carbocycles. The van der Waals surface area contributed by atoms with Crippen LogP contribution >= 0.6 is 11.3 Å². The third kappa shape index (κ3) is 4.01. The number of nitrogens with one attached hydrogen (secondary N) is 3. The average Bonchev–Trinajstić information content (AvgIpc) is 3.32. The molecule has 29 heavy (non-hydrogen) atoms. The third-order valence-electron chi connectivity index (χ3n) is 6.00. The lowest BCUT2D eigenvalue weighted by molar-refractivity contribution is -1.02. The molecule has 8 heteroatoms. The van der Waals surface area contributed by atoms with E-state index in [0.29, 0.717) is 12.4 Å². The largest absolute Gasteiger partial charge is 0.497 e. The van der Waals surface area contributed by atoms with E-state index in [9.17, 15) is 9.59 Å². The molecular weight excluding hydrogens is 388 g/mol. The van der Waals surface area contributed by atoms with Crippen LogP contribution in [0.1, 0.15) is 18.1 Å². The predicted octanol–water partition coefficient (Wildman–Crippen LogP) is -0.535. The highest BCUT2D eigenvalue weighted by Crippen LogP contribution is 2.30. The highest BCUT2D eigenvalue weighted by Gasteiger charge is 2.50. The van der Waals surface area contributed by atoms with Crippen molar-refractivity contribution in [1.82, 2.24) is 10.2 Å². The van der Waals surface area contributed by atoms with E-state index in [4.69, 9.17) is 4.74 Å². The summed E-state index contributed by atoms with van der Waals surface area (Å²) in [6.45, 7) is 7.22. The monoisotopic (exact) mass is 416 g/mol.